The number of ether oxygens (including phenoxy) is 2. The van der Waals surface area contributed by atoms with Crippen LogP contribution in [-0.2, 0) is 11.2 Å². The molecule has 0 saturated heterocycles. The van der Waals surface area contributed by atoms with Gasteiger partial charge in [-0.3, -0.25) is 4.79 Å². The van der Waals surface area contributed by atoms with E-state index in [0.29, 0.717) is 11.3 Å². The van der Waals surface area contributed by atoms with Crippen molar-refractivity contribution in [3.8, 4) is 11.5 Å². The molecule has 0 N–H and O–H groups in total. The lowest BCUT2D eigenvalue weighted by atomic mass is 10.1. The second-order valence-electron chi connectivity index (χ2n) is 4.73. The molecular formula is C17H13BrO4. The molecule has 3 aromatic rings. The normalized spacial score (nSPS) is 10.6. The fourth-order valence-corrected chi connectivity index (χ4v) is 2.41. The van der Waals surface area contributed by atoms with Gasteiger partial charge in [0, 0.05) is 15.4 Å². The van der Waals surface area contributed by atoms with Crippen LogP contribution in [0.3, 0.4) is 0 Å². The molecule has 1 heterocycles. The Labute approximate surface area is 135 Å². The van der Waals surface area contributed by atoms with E-state index < -0.39 is 0 Å². The summed E-state index contributed by atoms with van der Waals surface area (Å²) in [6.45, 7) is 0. The number of methoxy groups -OCH3 is 1. The highest BCUT2D eigenvalue weighted by Crippen LogP contribution is 2.26. The average molecular weight is 361 g/mol. The van der Waals surface area contributed by atoms with Gasteiger partial charge in [-0.2, -0.15) is 0 Å². The maximum absolute atomic E-state index is 12.1. The summed E-state index contributed by atoms with van der Waals surface area (Å²) < 4.78 is 16.9. The van der Waals surface area contributed by atoms with E-state index in [-0.39, 0.29) is 12.4 Å². The Bertz CT molecular complexity index is 805. The van der Waals surface area contributed by atoms with Crippen molar-refractivity contribution in [3.63, 3.8) is 0 Å². The van der Waals surface area contributed by atoms with Gasteiger partial charge in [0.2, 0.25) is 0 Å². The molecule has 0 atom stereocenters. The lowest BCUT2D eigenvalue weighted by Gasteiger charge is -2.04. The average Bonchev–Trinajstić information content (AvgIpc) is 2.91. The van der Waals surface area contributed by atoms with Gasteiger partial charge >= 0.3 is 5.97 Å². The van der Waals surface area contributed by atoms with E-state index >= 15 is 0 Å². The zero-order valence-corrected chi connectivity index (χ0v) is 13.4. The number of hydrogen-bond donors (Lipinski definition) is 0. The third-order valence-electron chi connectivity index (χ3n) is 3.24. The molecule has 0 aliphatic carbocycles. The molecule has 0 aliphatic rings. The van der Waals surface area contributed by atoms with E-state index in [2.05, 4.69) is 15.9 Å². The first-order valence-electron chi connectivity index (χ1n) is 6.66. The summed E-state index contributed by atoms with van der Waals surface area (Å²) in [4.78, 5) is 12.1. The molecule has 0 radical (unpaired) electrons. The van der Waals surface area contributed by atoms with Gasteiger partial charge in [-0.05, 0) is 42.5 Å². The van der Waals surface area contributed by atoms with Gasteiger partial charge in [0.25, 0.3) is 0 Å². The van der Waals surface area contributed by atoms with Crippen LogP contribution in [0.15, 0.2) is 57.6 Å². The Hall–Kier alpha value is -2.27. The highest BCUT2D eigenvalue weighted by atomic mass is 79.9. The summed E-state index contributed by atoms with van der Waals surface area (Å²) in [5.74, 6) is 0.892. The second kappa shape index (κ2) is 6.23. The molecule has 2 aromatic carbocycles. The largest absolute Gasteiger partial charge is 0.497 e. The van der Waals surface area contributed by atoms with Crippen LogP contribution in [0, 0.1) is 0 Å². The first-order chi connectivity index (χ1) is 10.7. The lowest BCUT2D eigenvalue weighted by Crippen LogP contribution is -2.10. The minimum absolute atomic E-state index is 0.135. The fourth-order valence-electron chi connectivity index (χ4n) is 2.15. The smallest absolute Gasteiger partial charge is 0.315 e. The highest BCUT2D eigenvalue weighted by molar-refractivity contribution is 9.10. The van der Waals surface area contributed by atoms with Crippen LogP contribution in [0.5, 0.6) is 11.5 Å². The number of fused-ring (bicyclic) bond motifs is 1. The second-order valence-corrected chi connectivity index (χ2v) is 5.64. The Balaban J connectivity index is 1.77. The molecular weight excluding hydrogens is 348 g/mol. The number of benzene rings is 2. The molecule has 0 amide bonds. The van der Waals surface area contributed by atoms with E-state index in [1.165, 1.54) is 0 Å². The number of carbonyl (C=O) groups excluding carboxylic acids is 1. The molecule has 5 heteroatoms. The van der Waals surface area contributed by atoms with Crippen LogP contribution < -0.4 is 9.47 Å². The number of hydrogen-bond acceptors (Lipinski definition) is 4. The predicted molar refractivity (Wildman–Crippen MR) is 86.2 cm³/mol. The van der Waals surface area contributed by atoms with Gasteiger partial charge in [-0.1, -0.05) is 15.9 Å². The molecule has 112 valence electrons. The van der Waals surface area contributed by atoms with Gasteiger partial charge in [0.05, 0.1) is 19.8 Å². The Morgan fingerprint density at radius 1 is 1.14 bits per heavy atom. The third-order valence-corrected chi connectivity index (χ3v) is 3.77. The standard InChI is InChI=1S/C17H13BrO4/c1-20-14-6-7-16-15(9-14)11(10-21-16)8-17(19)22-13-4-2-12(18)3-5-13/h2-7,9-10H,8H2,1H3. The van der Waals surface area contributed by atoms with Crippen LogP contribution in [0.25, 0.3) is 11.0 Å². The molecule has 4 nitrogen and oxygen atoms in total. The van der Waals surface area contributed by atoms with Gasteiger partial charge in [0.1, 0.15) is 17.1 Å². The monoisotopic (exact) mass is 360 g/mol. The highest BCUT2D eigenvalue weighted by Gasteiger charge is 2.13. The van der Waals surface area contributed by atoms with Crippen molar-refractivity contribution in [2.45, 2.75) is 6.42 Å². The summed E-state index contributed by atoms with van der Waals surface area (Å²) in [5, 5.41) is 0.854. The minimum atomic E-state index is -0.340. The number of furan rings is 1. The van der Waals surface area contributed by atoms with E-state index in [0.717, 1.165) is 21.2 Å². The summed E-state index contributed by atoms with van der Waals surface area (Å²) in [7, 11) is 1.60. The van der Waals surface area contributed by atoms with Gasteiger partial charge < -0.3 is 13.9 Å². The summed E-state index contributed by atoms with van der Waals surface area (Å²) in [5.41, 5.74) is 1.49. The van der Waals surface area contributed by atoms with Crippen molar-refractivity contribution in [2.24, 2.45) is 0 Å². The zero-order valence-electron chi connectivity index (χ0n) is 11.8. The quantitative estimate of drug-likeness (QED) is 0.512. The molecule has 0 fully saturated rings. The summed E-state index contributed by atoms with van der Waals surface area (Å²) >= 11 is 3.34. The Morgan fingerprint density at radius 3 is 2.59 bits per heavy atom. The Kier molecular flexibility index (Phi) is 4.15. The van der Waals surface area contributed by atoms with E-state index in [4.69, 9.17) is 13.9 Å². The third kappa shape index (κ3) is 3.14. The number of halogens is 1. The summed E-state index contributed by atoms with van der Waals surface area (Å²) in [6, 6.07) is 12.6. The molecule has 0 spiro atoms. The summed E-state index contributed by atoms with van der Waals surface area (Å²) in [6.07, 6.45) is 1.71. The molecule has 22 heavy (non-hydrogen) atoms. The van der Waals surface area contributed by atoms with E-state index in [1.807, 2.05) is 30.3 Å². The SMILES string of the molecule is COc1ccc2occ(CC(=O)Oc3ccc(Br)cc3)c2c1. The molecule has 0 saturated carbocycles. The van der Waals surface area contributed by atoms with Crippen molar-refractivity contribution in [1.29, 1.82) is 0 Å². The van der Waals surface area contributed by atoms with Crippen molar-refractivity contribution in [2.75, 3.05) is 7.11 Å². The van der Waals surface area contributed by atoms with Crippen LogP contribution in [0.2, 0.25) is 0 Å². The maximum atomic E-state index is 12.1. The van der Waals surface area contributed by atoms with E-state index in [1.54, 1.807) is 25.5 Å². The maximum Gasteiger partial charge on any atom is 0.315 e. The van der Waals surface area contributed by atoms with Crippen molar-refractivity contribution in [3.05, 3.63) is 58.8 Å². The number of rotatable bonds is 4. The molecule has 0 unspecified atom stereocenters. The Morgan fingerprint density at radius 2 is 1.86 bits per heavy atom. The first kappa shape index (κ1) is 14.7. The van der Waals surface area contributed by atoms with E-state index in [9.17, 15) is 4.79 Å². The number of carbonyl (C=O) groups is 1. The zero-order chi connectivity index (χ0) is 15.5. The molecule has 1 aromatic heterocycles. The van der Waals surface area contributed by atoms with Crippen molar-refractivity contribution in [1.82, 2.24) is 0 Å². The molecule has 3 rings (SSSR count). The minimum Gasteiger partial charge on any atom is -0.497 e. The van der Waals surface area contributed by atoms with Crippen LogP contribution in [0.1, 0.15) is 5.56 Å². The van der Waals surface area contributed by atoms with Crippen molar-refractivity contribution >= 4 is 32.9 Å². The fraction of sp³-hybridized carbons (Fsp3) is 0.118. The van der Waals surface area contributed by atoms with Crippen LogP contribution in [0.4, 0.5) is 0 Å². The van der Waals surface area contributed by atoms with Crippen molar-refractivity contribution < 1.29 is 18.7 Å². The predicted octanol–water partition coefficient (Wildman–Crippen LogP) is 4.35. The topological polar surface area (TPSA) is 48.7 Å². The van der Waals surface area contributed by atoms with Gasteiger partial charge in [-0.15, -0.1) is 0 Å². The first-order valence-corrected chi connectivity index (χ1v) is 7.45. The number of esters is 1. The van der Waals surface area contributed by atoms with Crippen LogP contribution >= 0.6 is 15.9 Å². The molecule has 0 aliphatic heterocycles. The molecule has 0 bridgehead atoms. The van der Waals surface area contributed by atoms with Crippen LogP contribution in [-0.4, -0.2) is 13.1 Å². The van der Waals surface area contributed by atoms with Gasteiger partial charge in [0.15, 0.2) is 0 Å². The van der Waals surface area contributed by atoms with Gasteiger partial charge in [-0.25, -0.2) is 0 Å². The lowest BCUT2D eigenvalue weighted by molar-refractivity contribution is -0.133.